The number of hydrogen-bond acceptors (Lipinski definition) is 3. The second-order valence-electron chi connectivity index (χ2n) is 5.56. The molecule has 20 heavy (non-hydrogen) atoms. The molecule has 0 bridgehead atoms. The highest BCUT2D eigenvalue weighted by molar-refractivity contribution is 5.79. The van der Waals surface area contributed by atoms with Crippen LogP contribution in [0.25, 0.3) is 0 Å². The molecule has 5 nitrogen and oxygen atoms in total. The van der Waals surface area contributed by atoms with Gasteiger partial charge in [-0.3, -0.25) is 9.59 Å². The second kappa shape index (κ2) is 9.75. The quantitative estimate of drug-likeness (QED) is 0.666. The molecule has 0 fully saturated rings. The Balaban J connectivity index is 4.46. The molecule has 1 N–H and O–H groups in total. The van der Waals surface area contributed by atoms with E-state index in [1.165, 1.54) is 0 Å². The summed E-state index contributed by atoms with van der Waals surface area (Å²) < 4.78 is 0. The van der Waals surface area contributed by atoms with Gasteiger partial charge in [0.25, 0.3) is 0 Å². The van der Waals surface area contributed by atoms with Gasteiger partial charge in [-0.1, -0.05) is 34.6 Å². The molecule has 0 rings (SSSR count). The fourth-order valence-corrected chi connectivity index (χ4v) is 2.09. The van der Waals surface area contributed by atoms with Crippen molar-refractivity contribution in [1.29, 1.82) is 0 Å². The van der Waals surface area contributed by atoms with Crippen LogP contribution >= 0.6 is 0 Å². The molecule has 0 aromatic carbocycles. The van der Waals surface area contributed by atoms with E-state index >= 15 is 0 Å². The van der Waals surface area contributed by atoms with Crippen LogP contribution in [0.5, 0.6) is 0 Å². The standard InChI is InChI=1S/C15H30N2O3/c1-6-16(7-2)9-8-10-17(14(18)12(3)4)11-13(5)15(19)20/h12-13H,6-11H2,1-5H3,(H,19,20). The summed E-state index contributed by atoms with van der Waals surface area (Å²) in [6.45, 7) is 13.5. The highest BCUT2D eigenvalue weighted by Gasteiger charge is 2.22. The van der Waals surface area contributed by atoms with Gasteiger partial charge in [-0.15, -0.1) is 0 Å². The number of hydrogen-bond donors (Lipinski definition) is 1. The van der Waals surface area contributed by atoms with E-state index in [1.807, 2.05) is 13.8 Å². The largest absolute Gasteiger partial charge is 0.481 e. The topological polar surface area (TPSA) is 60.9 Å². The van der Waals surface area contributed by atoms with Crippen LogP contribution in [0.15, 0.2) is 0 Å². The third kappa shape index (κ3) is 6.89. The molecule has 1 amide bonds. The molecule has 0 aromatic heterocycles. The molecule has 0 aliphatic rings. The van der Waals surface area contributed by atoms with Crippen LogP contribution in [0.4, 0.5) is 0 Å². The molecule has 0 heterocycles. The average Bonchev–Trinajstić information content (AvgIpc) is 2.40. The lowest BCUT2D eigenvalue weighted by Gasteiger charge is -2.27. The lowest BCUT2D eigenvalue weighted by Crippen LogP contribution is -2.40. The lowest BCUT2D eigenvalue weighted by molar-refractivity contribution is -0.143. The third-order valence-electron chi connectivity index (χ3n) is 3.52. The summed E-state index contributed by atoms with van der Waals surface area (Å²) in [6, 6.07) is 0. The van der Waals surface area contributed by atoms with E-state index in [-0.39, 0.29) is 11.8 Å². The summed E-state index contributed by atoms with van der Waals surface area (Å²) in [6.07, 6.45) is 0.881. The first-order valence-electron chi connectivity index (χ1n) is 7.57. The lowest BCUT2D eigenvalue weighted by atomic mass is 10.1. The molecule has 1 atom stereocenters. The Labute approximate surface area is 122 Å². The van der Waals surface area contributed by atoms with E-state index in [0.29, 0.717) is 13.1 Å². The van der Waals surface area contributed by atoms with Crippen molar-refractivity contribution in [2.75, 3.05) is 32.7 Å². The predicted octanol–water partition coefficient (Wildman–Crippen LogP) is 1.92. The fourth-order valence-electron chi connectivity index (χ4n) is 2.09. The summed E-state index contributed by atoms with van der Waals surface area (Å²) in [5.74, 6) is -1.43. The number of carboxylic acids is 1. The van der Waals surface area contributed by atoms with E-state index in [4.69, 9.17) is 5.11 Å². The maximum atomic E-state index is 12.1. The molecule has 0 aliphatic carbocycles. The second-order valence-corrected chi connectivity index (χ2v) is 5.56. The van der Waals surface area contributed by atoms with Crippen molar-refractivity contribution >= 4 is 11.9 Å². The summed E-state index contributed by atoms with van der Waals surface area (Å²) in [7, 11) is 0. The zero-order valence-corrected chi connectivity index (χ0v) is 13.6. The Morgan fingerprint density at radius 3 is 2.00 bits per heavy atom. The SMILES string of the molecule is CCN(CC)CCCN(CC(C)C(=O)O)C(=O)C(C)C. The molecule has 0 radical (unpaired) electrons. The first-order valence-corrected chi connectivity index (χ1v) is 7.57. The number of carboxylic acid groups (broad SMARTS) is 1. The van der Waals surface area contributed by atoms with Crippen molar-refractivity contribution in [2.45, 2.75) is 41.0 Å². The van der Waals surface area contributed by atoms with Crippen LogP contribution in [0.1, 0.15) is 41.0 Å². The van der Waals surface area contributed by atoms with E-state index in [1.54, 1.807) is 11.8 Å². The average molecular weight is 286 g/mol. The fraction of sp³-hybridized carbons (Fsp3) is 0.867. The molecular weight excluding hydrogens is 256 g/mol. The van der Waals surface area contributed by atoms with Gasteiger partial charge in [0.15, 0.2) is 0 Å². The molecule has 0 aromatic rings. The number of aliphatic carboxylic acids is 1. The zero-order chi connectivity index (χ0) is 15.7. The highest BCUT2D eigenvalue weighted by Crippen LogP contribution is 2.08. The van der Waals surface area contributed by atoms with E-state index in [9.17, 15) is 9.59 Å². The van der Waals surface area contributed by atoms with Gasteiger partial charge >= 0.3 is 5.97 Å². The van der Waals surface area contributed by atoms with Gasteiger partial charge in [-0.2, -0.15) is 0 Å². The van der Waals surface area contributed by atoms with Gasteiger partial charge in [0.1, 0.15) is 0 Å². The third-order valence-corrected chi connectivity index (χ3v) is 3.52. The number of rotatable bonds is 10. The van der Waals surface area contributed by atoms with Crippen LogP contribution in [-0.2, 0) is 9.59 Å². The minimum atomic E-state index is -0.852. The molecule has 0 saturated carbocycles. The Morgan fingerprint density at radius 1 is 1.05 bits per heavy atom. The van der Waals surface area contributed by atoms with E-state index in [2.05, 4.69) is 18.7 Å². The molecule has 0 aliphatic heterocycles. The molecule has 0 saturated heterocycles. The minimum Gasteiger partial charge on any atom is -0.481 e. The van der Waals surface area contributed by atoms with Gasteiger partial charge in [0, 0.05) is 19.0 Å². The van der Waals surface area contributed by atoms with Gasteiger partial charge < -0.3 is 14.9 Å². The summed E-state index contributed by atoms with van der Waals surface area (Å²) in [5, 5.41) is 8.99. The Hall–Kier alpha value is -1.10. The minimum absolute atomic E-state index is 0.0395. The summed E-state index contributed by atoms with van der Waals surface area (Å²) >= 11 is 0. The number of amides is 1. The predicted molar refractivity (Wildman–Crippen MR) is 80.6 cm³/mol. The first-order chi connectivity index (χ1) is 9.33. The van der Waals surface area contributed by atoms with Crippen molar-refractivity contribution in [3.63, 3.8) is 0 Å². The summed E-state index contributed by atoms with van der Waals surface area (Å²) in [4.78, 5) is 27.1. The highest BCUT2D eigenvalue weighted by atomic mass is 16.4. The van der Waals surface area contributed by atoms with Crippen LogP contribution in [0, 0.1) is 11.8 Å². The van der Waals surface area contributed by atoms with Crippen LogP contribution in [-0.4, -0.2) is 59.5 Å². The molecule has 5 heteroatoms. The normalized spacial score (nSPS) is 12.8. The Bertz CT molecular complexity index is 301. The summed E-state index contributed by atoms with van der Waals surface area (Å²) in [5.41, 5.74) is 0. The van der Waals surface area contributed by atoms with Crippen molar-refractivity contribution in [1.82, 2.24) is 9.80 Å². The number of carbonyl (C=O) groups excluding carboxylic acids is 1. The molecule has 118 valence electrons. The maximum absolute atomic E-state index is 12.1. The van der Waals surface area contributed by atoms with Crippen LogP contribution in [0.3, 0.4) is 0 Å². The van der Waals surface area contributed by atoms with Crippen LogP contribution in [0.2, 0.25) is 0 Å². The number of nitrogens with zero attached hydrogens (tertiary/aromatic N) is 2. The number of carbonyl (C=O) groups is 2. The first kappa shape index (κ1) is 18.9. The van der Waals surface area contributed by atoms with Gasteiger partial charge in [0.2, 0.25) is 5.91 Å². The van der Waals surface area contributed by atoms with E-state index in [0.717, 1.165) is 26.1 Å². The smallest absolute Gasteiger partial charge is 0.308 e. The maximum Gasteiger partial charge on any atom is 0.308 e. The molecular formula is C15H30N2O3. The van der Waals surface area contributed by atoms with Crippen molar-refractivity contribution in [3.8, 4) is 0 Å². The monoisotopic (exact) mass is 286 g/mol. The van der Waals surface area contributed by atoms with Crippen molar-refractivity contribution in [2.24, 2.45) is 11.8 Å². The van der Waals surface area contributed by atoms with Gasteiger partial charge in [-0.05, 0) is 26.1 Å². The zero-order valence-electron chi connectivity index (χ0n) is 13.6. The molecule has 0 spiro atoms. The van der Waals surface area contributed by atoms with E-state index < -0.39 is 11.9 Å². The Morgan fingerprint density at radius 2 is 1.60 bits per heavy atom. The van der Waals surface area contributed by atoms with Crippen molar-refractivity contribution < 1.29 is 14.7 Å². The van der Waals surface area contributed by atoms with Gasteiger partial charge in [0.05, 0.1) is 5.92 Å². The Kier molecular flexibility index (Phi) is 9.21. The van der Waals surface area contributed by atoms with Gasteiger partial charge in [-0.25, -0.2) is 0 Å². The van der Waals surface area contributed by atoms with Crippen molar-refractivity contribution in [3.05, 3.63) is 0 Å². The molecule has 1 unspecified atom stereocenters. The van der Waals surface area contributed by atoms with Crippen LogP contribution < -0.4 is 0 Å².